The third kappa shape index (κ3) is 4.17. The topological polar surface area (TPSA) is 32.8 Å². The Hall–Kier alpha value is -1.27. The predicted molar refractivity (Wildman–Crippen MR) is 104 cm³/mol. The summed E-state index contributed by atoms with van der Waals surface area (Å²) in [6.07, 6.45) is 6.19. The quantitative estimate of drug-likeness (QED) is 0.679. The molecule has 2 heterocycles. The van der Waals surface area contributed by atoms with Crippen LogP contribution in [0.2, 0.25) is 0 Å². The molecule has 2 aliphatic rings. The molecule has 0 saturated carbocycles. The number of halogens is 1. The lowest BCUT2D eigenvalue weighted by molar-refractivity contribution is -0.146. The van der Waals surface area contributed by atoms with Crippen molar-refractivity contribution in [3.05, 3.63) is 29.6 Å². The van der Waals surface area contributed by atoms with E-state index in [1.54, 1.807) is 19.2 Å². The Balaban J connectivity index is 1.67. The average Bonchev–Trinajstić information content (AvgIpc) is 3.05. The maximum atomic E-state index is 14.2. The number of hydrogen-bond donors (Lipinski definition) is 0. The van der Waals surface area contributed by atoms with Crippen LogP contribution in [0.4, 0.5) is 4.39 Å². The third-order valence-electron chi connectivity index (χ3n) is 5.69. The molecule has 0 bridgehead atoms. The normalized spacial score (nSPS) is 23.8. The van der Waals surface area contributed by atoms with Crippen LogP contribution in [-0.2, 0) is 11.3 Å². The molecule has 1 amide bonds. The van der Waals surface area contributed by atoms with Gasteiger partial charge in [-0.2, -0.15) is 11.8 Å². The van der Waals surface area contributed by atoms with E-state index in [9.17, 15) is 9.18 Å². The van der Waals surface area contributed by atoms with Gasteiger partial charge in [0.2, 0.25) is 5.91 Å². The molecule has 2 fully saturated rings. The fourth-order valence-corrected chi connectivity index (χ4v) is 4.69. The van der Waals surface area contributed by atoms with Crippen molar-refractivity contribution in [3.8, 4) is 5.75 Å². The molecule has 1 atom stereocenters. The number of nitrogens with zero attached hydrogens (tertiary/aromatic N) is 2. The van der Waals surface area contributed by atoms with Gasteiger partial charge in [-0.05, 0) is 69.0 Å². The van der Waals surface area contributed by atoms with E-state index in [1.807, 2.05) is 16.7 Å². The number of thioether (sulfide) groups is 1. The Morgan fingerprint density at radius 1 is 1.31 bits per heavy atom. The lowest BCUT2D eigenvalue weighted by Crippen LogP contribution is -2.49. The molecule has 0 aliphatic carbocycles. The minimum Gasteiger partial charge on any atom is -0.497 e. The van der Waals surface area contributed by atoms with Gasteiger partial charge >= 0.3 is 0 Å². The van der Waals surface area contributed by atoms with Crippen molar-refractivity contribution in [3.63, 3.8) is 0 Å². The van der Waals surface area contributed by atoms with Gasteiger partial charge in [-0.15, -0.1) is 0 Å². The highest BCUT2D eigenvalue weighted by Gasteiger charge is 2.48. The Kier molecular flexibility index (Phi) is 6.46. The van der Waals surface area contributed by atoms with E-state index < -0.39 is 0 Å². The number of carbonyl (C=O) groups is 1. The lowest BCUT2D eigenvalue weighted by atomic mass is 9.78. The largest absolute Gasteiger partial charge is 0.497 e. The number of amides is 1. The zero-order valence-corrected chi connectivity index (χ0v) is 16.6. The molecule has 1 unspecified atom stereocenters. The number of ether oxygens (including phenoxy) is 1. The number of methoxy groups -OCH3 is 1. The lowest BCUT2D eigenvalue weighted by Gasteiger charge is -2.39. The van der Waals surface area contributed by atoms with E-state index >= 15 is 0 Å². The Bertz CT molecular complexity index is 642. The van der Waals surface area contributed by atoms with Gasteiger partial charge < -0.3 is 14.5 Å². The molecule has 4 nitrogen and oxygen atoms in total. The maximum Gasteiger partial charge on any atom is 0.230 e. The molecule has 1 aromatic rings. The summed E-state index contributed by atoms with van der Waals surface area (Å²) in [5.41, 5.74) is 0.275. The molecule has 0 aromatic heterocycles. The summed E-state index contributed by atoms with van der Waals surface area (Å²) in [5, 5.41) is 0. The molecule has 0 N–H and O–H groups in total. The summed E-state index contributed by atoms with van der Waals surface area (Å²) in [4.78, 5) is 17.5. The Morgan fingerprint density at radius 2 is 2.15 bits per heavy atom. The van der Waals surface area contributed by atoms with Gasteiger partial charge in [0.15, 0.2) is 0 Å². The van der Waals surface area contributed by atoms with Gasteiger partial charge in [0.05, 0.1) is 12.5 Å². The zero-order chi connectivity index (χ0) is 18.6. The van der Waals surface area contributed by atoms with Crippen LogP contribution in [0.5, 0.6) is 5.75 Å². The second kappa shape index (κ2) is 8.61. The van der Waals surface area contributed by atoms with Crippen molar-refractivity contribution in [2.45, 2.75) is 32.2 Å². The predicted octanol–water partition coefficient (Wildman–Crippen LogP) is 3.40. The van der Waals surface area contributed by atoms with Crippen LogP contribution in [0.25, 0.3) is 0 Å². The SMILES string of the molecule is COc1ccc(F)c(CN2CCCC3(CCN(CCCSC)C3)C2=O)c1. The minimum atomic E-state index is -0.275. The van der Waals surface area contributed by atoms with E-state index in [0.29, 0.717) is 24.4 Å². The van der Waals surface area contributed by atoms with Gasteiger partial charge in [-0.3, -0.25) is 4.79 Å². The first-order valence-corrected chi connectivity index (χ1v) is 10.8. The van der Waals surface area contributed by atoms with Crippen molar-refractivity contribution in [1.82, 2.24) is 9.80 Å². The first kappa shape index (κ1) is 19.5. The maximum absolute atomic E-state index is 14.2. The van der Waals surface area contributed by atoms with Crippen molar-refractivity contribution >= 4 is 17.7 Å². The highest BCUT2D eigenvalue weighted by Crippen LogP contribution is 2.40. The van der Waals surface area contributed by atoms with E-state index in [2.05, 4.69) is 11.2 Å². The van der Waals surface area contributed by atoms with Crippen molar-refractivity contribution < 1.29 is 13.9 Å². The second-order valence-corrected chi connectivity index (χ2v) is 8.43. The van der Waals surface area contributed by atoms with Crippen LogP contribution < -0.4 is 4.74 Å². The summed E-state index contributed by atoms with van der Waals surface area (Å²) in [7, 11) is 1.57. The van der Waals surface area contributed by atoms with E-state index in [-0.39, 0.29) is 17.1 Å². The van der Waals surface area contributed by atoms with Crippen LogP contribution in [0.1, 0.15) is 31.2 Å². The summed E-state index contributed by atoms with van der Waals surface area (Å²) in [5.74, 6) is 1.72. The first-order chi connectivity index (χ1) is 12.6. The monoisotopic (exact) mass is 380 g/mol. The van der Waals surface area contributed by atoms with Crippen molar-refractivity contribution in [2.24, 2.45) is 5.41 Å². The molecule has 0 radical (unpaired) electrons. The van der Waals surface area contributed by atoms with E-state index in [0.717, 1.165) is 38.9 Å². The number of benzene rings is 1. The van der Waals surface area contributed by atoms with Gasteiger partial charge in [-0.25, -0.2) is 4.39 Å². The molecule has 1 aromatic carbocycles. The van der Waals surface area contributed by atoms with Crippen LogP contribution in [0.3, 0.4) is 0 Å². The summed E-state index contributed by atoms with van der Waals surface area (Å²) in [6, 6.07) is 4.73. The second-order valence-electron chi connectivity index (χ2n) is 7.44. The van der Waals surface area contributed by atoms with Gasteiger partial charge in [0.1, 0.15) is 11.6 Å². The standard InChI is InChI=1S/C20H29FN2O2S/c1-25-17-5-6-18(21)16(13-17)14-23-10-3-7-20(19(23)24)8-11-22(15-20)9-4-12-26-2/h5-6,13H,3-4,7-12,14-15H2,1-2H3. The molecule has 1 spiro atoms. The third-order valence-corrected chi connectivity index (χ3v) is 6.39. The van der Waals surface area contributed by atoms with Crippen LogP contribution in [0, 0.1) is 11.2 Å². The first-order valence-electron chi connectivity index (χ1n) is 9.41. The fraction of sp³-hybridized carbons (Fsp3) is 0.650. The number of carbonyl (C=O) groups excluding carboxylic acids is 1. The fourth-order valence-electron chi connectivity index (χ4n) is 4.27. The molecular formula is C20H29FN2O2S. The molecule has 144 valence electrons. The van der Waals surface area contributed by atoms with Crippen LogP contribution >= 0.6 is 11.8 Å². The molecule has 26 heavy (non-hydrogen) atoms. The van der Waals surface area contributed by atoms with Gasteiger partial charge in [0, 0.05) is 25.2 Å². The summed E-state index contributed by atoms with van der Waals surface area (Å²) < 4.78 is 19.4. The molecule has 6 heteroatoms. The molecule has 2 aliphatic heterocycles. The minimum absolute atomic E-state index is 0.207. The average molecular weight is 381 g/mol. The van der Waals surface area contributed by atoms with Gasteiger partial charge in [0.25, 0.3) is 0 Å². The highest BCUT2D eigenvalue weighted by molar-refractivity contribution is 7.98. The number of piperidine rings is 1. The summed E-state index contributed by atoms with van der Waals surface area (Å²) >= 11 is 1.87. The number of rotatable bonds is 7. The molecule has 2 saturated heterocycles. The Labute approximate surface area is 160 Å². The smallest absolute Gasteiger partial charge is 0.230 e. The van der Waals surface area contributed by atoms with E-state index in [4.69, 9.17) is 4.74 Å². The van der Waals surface area contributed by atoms with Crippen molar-refractivity contribution in [2.75, 3.05) is 45.3 Å². The van der Waals surface area contributed by atoms with E-state index in [1.165, 1.54) is 18.2 Å². The molecular weight excluding hydrogens is 351 g/mol. The van der Waals surface area contributed by atoms with Crippen LogP contribution in [-0.4, -0.2) is 61.0 Å². The highest BCUT2D eigenvalue weighted by atomic mass is 32.2. The number of likely N-dealkylation sites (tertiary alicyclic amines) is 2. The number of hydrogen-bond acceptors (Lipinski definition) is 4. The van der Waals surface area contributed by atoms with Crippen molar-refractivity contribution in [1.29, 1.82) is 0 Å². The zero-order valence-electron chi connectivity index (χ0n) is 15.8. The molecule has 3 rings (SSSR count). The van der Waals surface area contributed by atoms with Crippen LogP contribution in [0.15, 0.2) is 18.2 Å². The van der Waals surface area contributed by atoms with Gasteiger partial charge in [-0.1, -0.05) is 0 Å². The Morgan fingerprint density at radius 3 is 2.92 bits per heavy atom. The summed E-state index contributed by atoms with van der Waals surface area (Å²) in [6.45, 7) is 3.97.